The Labute approximate surface area is 175 Å². The number of carbonyl (C=O) groups is 2. The van der Waals surface area contributed by atoms with Crippen LogP contribution in [0.2, 0.25) is 0 Å². The number of aryl methyl sites for hydroxylation is 2. The van der Waals surface area contributed by atoms with Crippen molar-refractivity contribution in [2.24, 2.45) is 0 Å². The highest BCUT2D eigenvalue weighted by Crippen LogP contribution is 2.23. The number of anilines is 2. The van der Waals surface area contributed by atoms with E-state index in [0.29, 0.717) is 22.9 Å². The summed E-state index contributed by atoms with van der Waals surface area (Å²) in [4.78, 5) is 24.7. The average Bonchev–Trinajstić information content (AvgIpc) is 2.74. The van der Waals surface area contributed by atoms with Crippen molar-refractivity contribution in [1.29, 1.82) is 0 Å². The molecule has 0 heterocycles. The highest BCUT2D eigenvalue weighted by atomic mass is 16.5. The van der Waals surface area contributed by atoms with Crippen LogP contribution in [0.15, 0.2) is 72.8 Å². The highest BCUT2D eigenvalue weighted by molar-refractivity contribution is 6.00. The molecule has 154 valence electrons. The smallest absolute Gasteiger partial charge is 0.262 e. The molecule has 6 heteroatoms. The normalized spacial score (nSPS) is 10.2. The molecule has 0 saturated carbocycles. The van der Waals surface area contributed by atoms with Gasteiger partial charge in [0.05, 0.1) is 11.4 Å². The molecule has 0 aliphatic carbocycles. The van der Waals surface area contributed by atoms with E-state index in [0.717, 1.165) is 11.1 Å². The molecular formula is C24H24N2O4. The van der Waals surface area contributed by atoms with E-state index in [2.05, 4.69) is 10.6 Å². The van der Waals surface area contributed by atoms with Crippen molar-refractivity contribution in [2.75, 3.05) is 23.8 Å². The lowest BCUT2D eigenvalue weighted by atomic mass is 10.2. The van der Waals surface area contributed by atoms with E-state index >= 15 is 0 Å². The second kappa shape index (κ2) is 10.1. The predicted molar refractivity (Wildman–Crippen MR) is 117 cm³/mol. The van der Waals surface area contributed by atoms with E-state index in [-0.39, 0.29) is 25.0 Å². The van der Waals surface area contributed by atoms with Gasteiger partial charge in [0, 0.05) is 0 Å². The van der Waals surface area contributed by atoms with Gasteiger partial charge in [-0.1, -0.05) is 42.5 Å². The van der Waals surface area contributed by atoms with Gasteiger partial charge in [0.25, 0.3) is 11.8 Å². The first-order chi connectivity index (χ1) is 14.5. The van der Waals surface area contributed by atoms with Gasteiger partial charge in [-0.3, -0.25) is 9.59 Å². The number of ether oxygens (including phenoxy) is 2. The fourth-order valence-electron chi connectivity index (χ4n) is 2.77. The predicted octanol–water partition coefficient (Wildman–Crippen LogP) is 4.34. The molecule has 0 radical (unpaired) electrons. The zero-order valence-corrected chi connectivity index (χ0v) is 17.0. The molecule has 2 N–H and O–H groups in total. The maximum Gasteiger partial charge on any atom is 0.262 e. The van der Waals surface area contributed by atoms with E-state index in [1.165, 1.54) is 0 Å². The summed E-state index contributed by atoms with van der Waals surface area (Å²) >= 11 is 0. The molecule has 0 spiro atoms. The van der Waals surface area contributed by atoms with Crippen LogP contribution < -0.4 is 20.1 Å². The largest absolute Gasteiger partial charge is 0.484 e. The minimum absolute atomic E-state index is 0.136. The molecule has 0 aliphatic rings. The Kier molecular flexibility index (Phi) is 7.05. The van der Waals surface area contributed by atoms with Crippen LogP contribution in [0.5, 0.6) is 11.5 Å². The molecule has 30 heavy (non-hydrogen) atoms. The van der Waals surface area contributed by atoms with Gasteiger partial charge in [-0.2, -0.15) is 0 Å². The summed E-state index contributed by atoms with van der Waals surface area (Å²) in [6.45, 7) is 3.55. The van der Waals surface area contributed by atoms with Gasteiger partial charge < -0.3 is 20.1 Å². The van der Waals surface area contributed by atoms with E-state index < -0.39 is 0 Å². The van der Waals surface area contributed by atoms with Gasteiger partial charge in [-0.25, -0.2) is 0 Å². The van der Waals surface area contributed by atoms with Crippen molar-refractivity contribution in [3.05, 3.63) is 83.9 Å². The molecule has 0 aromatic heterocycles. The zero-order valence-electron chi connectivity index (χ0n) is 17.0. The van der Waals surface area contributed by atoms with Crippen LogP contribution in [0.3, 0.4) is 0 Å². The molecule has 3 aromatic carbocycles. The van der Waals surface area contributed by atoms with Gasteiger partial charge in [0.1, 0.15) is 11.5 Å². The quantitative estimate of drug-likeness (QED) is 0.586. The third-order valence-electron chi connectivity index (χ3n) is 4.29. The molecule has 0 fully saturated rings. The molecular weight excluding hydrogens is 380 g/mol. The molecule has 2 amide bonds. The molecule has 3 rings (SSSR count). The van der Waals surface area contributed by atoms with Gasteiger partial charge in [-0.15, -0.1) is 0 Å². The number of carbonyl (C=O) groups excluding carboxylic acids is 2. The first-order valence-corrected chi connectivity index (χ1v) is 9.58. The number of rotatable bonds is 8. The van der Waals surface area contributed by atoms with Crippen molar-refractivity contribution < 1.29 is 19.1 Å². The van der Waals surface area contributed by atoms with Crippen molar-refractivity contribution in [3.8, 4) is 11.5 Å². The average molecular weight is 404 g/mol. The van der Waals surface area contributed by atoms with Crippen LogP contribution in [0, 0.1) is 13.8 Å². The van der Waals surface area contributed by atoms with Gasteiger partial charge in [-0.05, 0) is 55.3 Å². The summed E-state index contributed by atoms with van der Waals surface area (Å²) in [5.41, 5.74) is 2.89. The van der Waals surface area contributed by atoms with Crippen LogP contribution in [0.4, 0.5) is 11.4 Å². The number of hydrogen-bond donors (Lipinski definition) is 2. The molecule has 0 bridgehead atoms. The Morgan fingerprint density at radius 2 is 1.37 bits per heavy atom. The summed E-state index contributed by atoms with van der Waals surface area (Å²) in [6, 6.07) is 22.0. The second-order valence-corrected chi connectivity index (χ2v) is 6.80. The van der Waals surface area contributed by atoms with Crippen LogP contribution in [0.1, 0.15) is 11.1 Å². The lowest BCUT2D eigenvalue weighted by Crippen LogP contribution is -2.24. The van der Waals surface area contributed by atoms with Crippen molar-refractivity contribution in [2.45, 2.75) is 13.8 Å². The summed E-state index contributed by atoms with van der Waals surface area (Å²) in [5.74, 6) is 0.621. The Bertz CT molecular complexity index is 1020. The minimum Gasteiger partial charge on any atom is -0.484 e. The van der Waals surface area contributed by atoms with Crippen LogP contribution in [0.25, 0.3) is 0 Å². The fourth-order valence-corrected chi connectivity index (χ4v) is 2.77. The highest BCUT2D eigenvalue weighted by Gasteiger charge is 2.12. The van der Waals surface area contributed by atoms with Crippen molar-refractivity contribution in [1.82, 2.24) is 0 Å². The molecule has 0 aliphatic heterocycles. The van der Waals surface area contributed by atoms with Crippen LogP contribution >= 0.6 is 0 Å². The third-order valence-corrected chi connectivity index (χ3v) is 4.29. The van der Waals surface area contributed by atoms with E-state index in [1.54, 1.807) is 24.3 Å². The van der Waals surface area contributed by atoms with Crippen LogP contribution in [-0.2, 0) is 9.59 Å². The number of para-hydroxylation sites is 2. The summed E-state index contributed by atoms with van der Waals surface area (Å²) in [5, 5.41) is 5.58. The monoisotopic (exact) mass is 404 g/mol. The van der Waals surface area contributed by atoms with Gasteiger partial charge in [0.2, 0.25) is 0 Å². The lowest BCUT2D eigenvalue weighted by Gasteiger charge is -2.14. The summed E-state index contributed by atoms with van der Waals surface area (Å²) < 4.78 is 11.1. The first kappa shape index (κ1) is 20.9. The third kappa shape index (κ3) is 6.10. The SMILES string of the molecule is Cc1ccc(NC(=O)COc2ccccc2)c(NC(=O)COc2ccccc2C)c1. The number of amides is 2. The van der Waals surface area contributed by atoms with E-state index in [9.17, 15) is 9.59 Å². The Balaban J connectivity index is 1.59. The van der Waals surface area contributed by atoms with E-state index in [4.69, 9.17) is 9.47 Å². The number of benzene rings is 3. The zero-order chi connectivity index (χ0) is 21.3. The Hall–Kier alpha value is -3.80. The van der Waals surface area contributed by atoms with Gasteiger partial charge in [0.15, 0.2) is 13.2 Å². The Morgan fingerprint density at radius 3 is 2.10 bits per heavy atom. The molecule has 6 nitrogen and oxygen atoms in total. The van der Waals surface area contributed by atoms with Gasteiger partial charge >= 0.3 is 0 Å². The maximum atomic E-state index is 12.4. The number of hydrogen-bond acceptors (Lipinski definition) is 4. The summed E-state index contributed by atoms with van der Waals surface area (Å²) in [6.07, 6.45) is 0. The fraction of sp³-hybridized carbons (Fsp3) is 0.167. The van der Waals surface area contributed by atoms with Crippen LogP contribution in [-0.4, -0.2) is 25.0 Å². The number of nitrogens with one attached hydrogen (secondary N) is 2. The second-order valence-electron chi connectivity index (χ2n) is 6.80. The molecule has 3 aromatic rings. The standard InChI is InChI=1S/C24H24N2O4/c1-17-12-13-20(25-23(27)15-29-19-9-4-3-5-10-19)21(14-17)26-24(28)16-30-22-11-7-6-8-18(22)2/h3-14H,15-16H2,1-2H3,(H,25,27)(H,26,28). The molecule has 0 unspecified atom stereocenters. The van der Waals surface area contributed by atoms with E-state index in [1.807, 2.05) is 62.4 Å². The maximum absolute atomic E-state index is 12.4. The minimum atomic E-state index is -0.325. The molecule has 0 saturated heterocycles. The summed E-state index contributed by atoms with van der Waals surface area (Å²) in [7, 11) is 0. The Morgan fingerprint density at radius 1 is 0.733 bits per heavy atom. The molecule has 0 atom stereocenters. The topological polar surface area (TPSA) is 76.7 Å². The van der Waals surface area contributed by atoms with Crippen molar-refractivity contribution in [3.63, 3.8) is 0 Å². The first-order valence-electron chi connectivity index (χ1n) is 9.58. The lowest BCUT2D eigenvalue weighted by molar-refractivity contribution is -0.119. The van der Waals surface area contributed by atoms with Crippen molar-refractivity contribution >= 4 is 23.2 Å².